The largest absolute Gasteiger partial charge is 0.493 e. The van der Waals surface area contributed by atoms with Crippen molar-refractivity contribution in [3.05, 3.63) is 59.3 Å². The summed E-state index contributed by atoms with van der Waals surface area (Å²) in [5.74, 6) is 0.398. The fourth-order valence-corrected chi connectivity index (χ4v) is 5.19. The van der Waals surface area contributed by atoms with E-state index in [1.165, 1.54) is 5.56 Å². The molecule has 8 heteroatoms. The molecule has 0 fully saturated rings. The number of hydrogen-bond donors (Lipinski definition) is 1. The van der Waals surface area contributed by atoms with Crippen LogP contribution in [0.15, 0.2) is 42.6 Å². The van der Waals surface area contributed by atoms with Crippen LogP contribution in [0.4, 0.5) is 0 Å². The summed E-state index contributed by atoms with van der Waals surface area (Å²) in [5.41, 5.74) is 4.32. The Hall–Kier alpha value is -3.00. The number of nitrogens with zero attached hydrogens (tertiary/aromatic N) is 1. The number of carbonyl (C=O) groups excluding carboxylic acids is 1. The summed E-state index contributed by atoms with van der Waals surface area (Å²) in [6, 6.07) is 11.8. The van der Waals surface area contributed by atoms with Crippen LogP contribution in [0.1, 0.15) is 29.2 Å². The molecule has 2 aromatic carbocycles. The van der Waals surface area contributed by atoms with E-state index < -0.39 is 15.6 Å². The molecule has 1 amide bonds. The Labute approximate surface area is 188 Å². The summed E-state index contributed by atoms with van der Waals surface area (Å²) in [5, 5.41) is 1.16. The van der Waals surface area contributed by atoms with Crippen molar-refractivity contribution in [3.8, 4) is 11.5 Å². The highest BCUT2D eigenvalue weighted by Crippen LogP contribution is 2.40. The van der Waals surface area contributed by atoms with Gasteiger partial charge in [-0.2, -0.15) is 0 Å². The number of rotatable bonds is 7. The van der Waals surface area contributed by atoms with Gasteiger partial charge in [-0.25, -0.2) is 8.42 Å². The van der Waals surface area contributed by atoms with Crippen LogP contribution < -0.4 is 9.47 Å². The number of aryl methyl sites for hydroxylation is 1. The monoisotopic (exact) mass is 456 g/mol. The number of sulfone groups is 1. The molecule has 0 spiro atoms. The van der Waals surface area contributed by atoms with Gasteiger partial charge in [0.1, 0.15) is 5.75 Å². The van der Waals surface area contributed by atoms with Crippen molar-refractivity contribution < 1.29 is 22.7 Å². The topological polar surface area (TPSA) is 88.7 Å². The summed E-state index contributed by atoms with van der Waals surface area (Å²) in [7, 11) is -0.240. The van der Waals surface area contributed by atoms with Crippen molar-refractivity contribution in [1.82, 2.24) is 9.88 Å². The molecule has 0 saturated heterocycles. The lowest BCUT2D eigenvalue weighted by atomic mass is 9.88. The van der Waals surface area contributed by atoms with Crippen LogP contribution in [-0.4, -0.2) is 57.0 Å². The van der Waals surface area contributed by atoms with Crippen LogP contribution >= 0.6 is 0 Å². The molecule has 1 aromatic heterocycles. The van der Waals surface area contributed by atoms with Crippen molar-refractivity contribution in [2.45, 2.75) is 25.3 Å². The number of methoxy groups -OCH3 is 2. The van der Waals surface area contributed by atoms with E-state index >= 15 is 0 Å². The third-order valence-corrected chi connectivity index (χ3v) is 6.84. The van der Waals surface area contributed by atoms with Crippen LogP contribution in [0.2, 0.25) is 0 Å². The number of aromatic amines is 1. The predicted octanol–water partition coefficient (Wildman–Crippen LogP) is 3.29. The molecule has 0 unspecified atom stereocenters. The molecule has 4 rings (SSSR count). The van der Waals surface area contributed by atoms with E-state index in [0.29, 0.717) is 30.9 Å². The average Bonchev–Trinajstić information content (AvgIpc) is 3.18. The lowest BCUT2D eigenvalue weighted by Crippen LogP contribution is -2.43. The predicted molar refractivity (Wildman–Crippen MR) is 124 cm³/mol. The summed E-state index contributed by atoms with van der Waals surface area (Å²) in [6.45, 7) is 0.468. The van der Waals surface area contributed by atoms with Gasteiger partial charge in [0, 0.05) is 29.9 Å². The Bertz CT molecular complexity index is 1250. The first-order chi connectivity index (χ1) is 15.3. The van der Waals surface area contributed by atoms with Gasteiger partial charge in [0.25, 0.3) is 0 Å². The van der Waals surface area contributed by atoms with E-state index in [9.17, 15) is 13.2 Å². The molecule has 0 radical (unpaired) electrons. The molecule has 0 saturated carbocycles. The molecule has 2 heterocycles. The smallest absolute Gasteiger partial charge is 0.238 e. The van der Waals surface area contributed by atoms with Gasteiger partial charge < -0.3 is 19.4 Å². The molecular weight excluding hydrogens is 428 g/mol. The first kappa shape index (κ1) is 22.2. The fraction of sp³-hybridized carbons (Fsp3) is 0.375. The maximum absolute atomic E-state index is 13.0. The van der Waals surface area contributed by atoms with Crippen LogP contribution in [0.3, 0.4) is 0 Å². The van der Waals surface area contributed by atoms with Crippen LogP contribution in [0.25, 0.3) is 10.9 Å². The number of ether oxygens (including phenoxy) is 2. The zero-order chi connectivity index (χ0) is 22.9. The molecule has 1 N–H and O–H groups in total. The number of benzene rings is 2. The van der Waals surface area contributed by atoms with Gasteiger partial charge in [-0.3, -0.25) is 4.79 Å². The van der Waals surface area contributed by atoms with Gasteiger partial charge in [-0.15, -0.1) is 0 Å². The Morgan fingerprint density at radius 1 is 1.16 bits per heavy atom. The molecule has 7 nitrogen and oxygen atoms in total. The van der Waals surface area contributed by atoms with Gasteiger partial charge in [0.2, 0.25) is 5.91 Å². The Morgan fingerprint density at radius 2 is 1.88 bits per heavy atom. The van der Waals surface area contributed by atoms with Crippen molar-refractivity contribution in [2.24, 2.45) is 0 Å². The van der Waals surface area contributed by atoms with Crippen molar-refractivity contribution in [2.75, 3.05) is 32.8 Å². The first-order valence-electron chi connectivity index (χ1n) is 10.6. The molecule has 3 aromatic rings. The minimum absolute atomic E-state index is 0.249. The number of nitrogens with one attached hydrogen (secondary N) is 1. The summed E-state index contributed by atoms with van der Waals surface area (Å²) in [4.78, 5) is 18.0. The number of carbonyl (C=O) groups is 1. The van der Waals surface area contributed by atoms with Gasteiger partial charge in [0.05, 0.1) is 20.3 Å². The van der Waals surface area contributed by atoms with E-state index in [1.54, 1.807) is 19.1 Å². The maximum Gasteiger partial charge on any atom is 0.238 e. The molecule has 32 heavy (non-hydrogen) atoms. The maximum atomic E-state index is 13.0. The third-order valence-electron chi connectivity index (χ3n) is 6.07. The highest BCUT2D eigenvalue weighted by molar-refractivity contribution is 7.91. The minimum atomic E-state index is -3.42. The van der Waals surface area contributed by atoms with E-state index in [-0.39, 0.29) is 11.9 Å². The molecule has 1 aliphatic heterocycles. The molecule has 0 bridgehead atoms. The molecular formula is C24H28N2O5S. The molecule has 0 aliphatic carbocycles. The SMILES string of the molecule is COc1cc2c(cc1OC)[C@@H](CCc1c[nH]c3ccccc13)N(C(=O)CS(C)(=O)=O)CC2. The summed E-state index contributed by atoms with van der Waals surface area (Å²) >= 11 is 0. The number of aromatic nitrogens is 1. The average molecular weight is 457 g/mol. The number of amides is 1. The highest BCUT2D eigenvalue weighted by Gasteiger charge is 2.33. The second-order valence-corrected chi connectivity index (χ2v) is 10.4. The van der Waals surface area contributed by atoms with Gasteiger partial charge >= 0.3 is 0 Å². The Morgan fingerprint density at radius 3 is 2.59 bits per heavy atom. The lowest BCUT2D eigenvalue weighted by Gasteiger charge is -2.38. The quantitative estimate of drug-likeness (QED) is 0.589. The normalized spacial score (nSPS) is 16.1. The number of hydrogen-bond acceptors (Lipinski definition) is 5. The third kappa shape index (κ3) is 4.46. The Balaban J connectivity index is 1.70. The second kappa shape index (κ2) is 8.86. The summed E-state index contributed by atoms with van der Waals surface area (Å²) in [6.07, 6.45) is 5.14. The zero-order valence-electron chi connectivity index (χ0n) is 18.6. The van der Waals surface area contributed by atoms with E-state index in [2.05, 4.69) is 11.1 Å². The van der Waals surface area contributed by atoms with Crippen molar-refractivity contribution in [1.29, 1.82) is 0 Å². The van der Waals surface area contributed by atoms with Gasteiger partial charge in [-0.1, -0.05) is 18.2 Å². The fourth-order valence-electron chi connectivity index (χ4n) is 4.58. The van der Waals surface area contributed by atoms with E-state index in [0.717, 1.165) is 34.7 Å². The zero-order valence-corrected chi connectivity index (χ0v) is 19.4. The first-order valence-corrected chi connectivity index (χ1v) is 12.6. The van der Waals surface area contributed by atoms with Crippen LogP contribution in [0, 0.1) is 0 Å². The Kier molecular flexibility index (Phi) is 6.15. The standard InChI is InChI=1S/C24H28N2O5S/c1-30-22-12-16-10-11-26(24(27)15-32(3,28)29)21(19(16)13-23(22)31-2)9-8-17-14-25-20-7-5-4-6-18(17)20/h4-7,12-14,21,25H,8-11,15H2,1-3H3/t21-/m1/s1. The van der Waals surface area contributed by atoms with Gasteiger partial charge in [-0.05, 0) is 54.2 Å². The number of fused-ring (bicyclic) bond motifs is 2. The van der Waals surface area contributed by atoms with Gasteiger partial charge in [0.15, 0.2) is 21.3 Å². The molecule has 170 valence electrons. The second-order valence-electron chi connectivity index (χ2n) is 8.23. The van der Waals surface area contributed by atoms with Crippen molar-refractivity contribution in [3.63, 3.8) is 0 Å². The molecule has 1 atom stereocenters. The summed E-state index contributed by atoms with van der Waals surface area (Å²) < 4.78 is 34.6. The lowest BCUT2D eigenvalue weighted by molar-refractivity contribution is -0.131. The number of para-hydroxylation sites is 1. The van der Waals surface area contributed by atoms with E-state index in [4.69, 9.17) is 9.47 Å². The van der Waals surface area contributed by atoms with Crippen molar-refractivity contribution >= 4 is 26.6 Å². The highest BCUT2D eigenvalue weighted by atomic mass is 32.2. The van der Waals surface area contributed by atoms with Crippen LogP contribution in [0.5, 0.6) is 11.5 Å². The minimum Gasteiger partial charge on any atom is -0.493 e. The van der Waals surface area contributed by atoms with E-state index in [1.807, 2.05) is 36.5 Å². The molecule has 1 aliphatic rings. The van der Waals surface area contributed by atoms with Crippen LogP contribution in [-0.2, 0) is 27.5 Å². The number of H-pyrrole nitrogens is 1.